The Kier molecular flexibility index (Phi) is 6.90. The Balaban J connectivity index is 1.50. The van der Waals surface area contributed by atoms with Gasteiger partial charge in [0.15, 0.2) is 5.69 Å². The summed E-state index contributed by atoms with van der Waals surface area (Å²) in [4.78, 5) is 43.0. The molecule has 3 aromatic heterocycles. The second kappa shape index (κ2) is 10.3. The Bertz CT molecular complexity index is 1570. The SMILES string of the molecule is Cc1cc([C@@H](C)Nc2ccc(Cl)nc2C(=O)O)c2nc(N3CCN(c4ccccn4)CC3)n(C)c(=O)c2c1. The van der Waals surface area contributed by atoms with Crippen LogP contribution in [0.1, 0.15) is 34.6 Å². The molecule has 0 bridgehead atoms. The molecule has 0 radical (unpaired) electrons. The zero-order valence-corrected chi connectivity index (χ0v) is 22.1. The molecule has 10 nitrogen and oxygen atoms in total. The van der Waals surface area contributed by atoms with Crippen LogP contribution in [0.2, 0.25) is 5.15 Å². The first-order valence-corrected chi connectivity index (χ1v) is 12.7. The van der Waals surface area contributed by atoms with Crippen LogP contribution in [0, 0.1) is 6.92 Å². The van der Waals surface area contributed by atoms with Crippen LogP contribution in [0.25, 0.3) is 10.9 Å². The molecule has 0 amide bonds. The predicted octanol–water partition coefficient (Wildman–Crippen LogP) is 3.88. The number of carbonyl (C=O) groups is 1. The number of carboxylic acids is 1. The van der Waals surface area contributed by atoms with Crippen molar-refractivity contribution in [1.82, 2.24) is 19.5 Å². The summed E-state index contributed by atoms with van der Waals surface area (Å²) in [6, 6.07) is 12.4. The molecule has 1 saturated heterocycles. The molecule has 4 aromatic rings. The second-order valence-electron chi connectivity index (χ2n) is 9.39. The minimum absolute atomic E-state index is 0.0968. The lowest BCUT2D eigenvalue weighted by atomic mass is 10.0. The fraction of sp³-hybridized carbons (Fsp3) is 0.296. The van der Waals surface area contributed by atoms with Gasteiger partial charge in [0.25, 0.3) is 5.56 Å². The third-order valence-corrected chi connectivity index (χ3v) is 6.98. The lowest BCUT2D eigenvalue weighted by Crippen LogP contribution is -2.48. The van der Waals surface area contributed by atoms with E-state index in [-0.39, 0.29) is 22.4 Å². The van der Waals surface area contributed by atoms with Crippen LogP contribution in [0.5, 0.6) is 0 Å². The molecule has 38 heavy (non-hydrogen) atoms. The van der Waals surface area contributed by atoms with Gasteiger partial charge in [0.05, 0.1) is 22.6 Å². The minimum Gasteiger partial charge on any atom is -0.476 e. The Morgan fingerprint density at radius 3 is 2.50 bits per heavy atom. The quantitative estimate of drug-likeness (QED) is 0.356. The first-order chi connectivity index (χ1) is 18.2. The largest absolute Gasteiger partial charge is 0.476 e. The van der Waals surface area contributed by atoms with E-state index in [1.807, 2.05) is 44.2 Å². The van der Waals surface area contributed by atoms with Crippen LogP contribution in [0.15, 0.2) is 53.5 Å². The van der Waals surface area contributed by atoms with E-state index in [1.165, 1.54) is 6.07 Å². The number of piperazine rings is 1. The standard InChI is InChI=1S/C27H28ClN7O3/c1-16-14-18(17(2)30-20-7-8-21(28)31-24(20)26(37)38)23-19(15-16)25(36)33(3)27(32-23)35-12-10-34(11-13-35)22-6-4-5-9-29-22/h4-9,14-15,17,30H,10-13H2,1-3H3,(H,37,38)/t17-/m1/s1. The van der Waals surface area contributed by atoms with Crippen molar-refractivity contribution in [2.45, 2.75) is 19.9 Å². The smallest absolute Gasteiger partial charge is 0.356 e. The highest BCUT2D eigenvalue weighted by Crippen LogP contribution is 2.29. The number of anilines is 3. The molecule has 5 rings (SSSR count). The number of nitrogens with one attached hydrogen (secondary N) is 1. The molecule has 0 unspecified atom stereocenters. The van der Waals surface area contributed by atoms with E-state index in [2.05, 4.69) is 25.1 Å². The van der Waals surface area contributed by atoms with Gasteiger partial charge in [-0.2, -0.15) is 0 Å². The number of hydrogen-bond acceptors (Lipinski definition) is 8. The van der Waals surface area contributed by atoms with E-state index in [9.17, 15) is 14.7 Å². The third-order valence-electron chi connectivity index (χ3n) is 6.77. The normalized spacial score (nSPS) is 14.5. The van der Waals surface area contributed by atoms with Crippen LogP contribution in [0.3, 0.4) is 0 Å². The number of benzene rings is 1. The predicted molar refractivity (Wildman–Crippen MR) is 149 cm³/mol. The first-order valence-electron chi connectivity index (χ1n) is 12.3. The van der Waals surface area contributed by atoms with Crippen molar-refractivity contribution < 1.29 is 9.90 Å². The van der Waals surface area contributed by atoms with Crippen LogP contribution >= 0.6 is 11.6 Å². The fourth-order valence-corrected chi connectivity index (χ4v) is 5.00. The van der Waals surface area contributed by atoms with Gasteiger partial charge in [0, 0.05) is 45.0 Å². The molecule has 11 heteroatoms. The second-order valence-corrected chi connectivity index (χ2v) is 9.78. The lowest BCUT2D eigenvalue weighted by Gasteiger charge is -2.36. The van der Waals surface area contributed by atoms with Gasteiger partial charge in [-0.25, -0.2) is 19.7 Å². The average Bonchev–Trinajstić information content (AvgIpc) is 2.92. The summed E-state index contributed by atoms with van der Waals surface area (Å²) in [7, 11) is 1.75. The molecule has 1 aliphatic rings. The molecule has 0 saturated carbocycles. The third kappa shape index (κ3) is 4.87. The lowest BCUT2D eigenvalue weighted by molar-refractivity contribution is 0.0691. The fourth-order valence-electron chi connectivity index (χ4n) is 4.86. The summed E-state index contributed by atoms with van der Waals surface area (Å²) in [5.74, 6) is 0.345. The number of nitrogens with zero attached hydrogens (tertiary/aromatic N) is 6. The number of aromatic carboxylic acids is 1. The average molecular weight is 534 g/mol. The van der Waals surface area contributed by atoms with E-state index in [4.69, 9.17) is 16.6 Å². The zero-order valence-electron chi connectivity index (χ0n) is 21.3. The van der Waals surface area contributed by atoms with Crippen LogP contribution in [0.4, 0.5) is 17.5 Å². The number of halogens is 1. The van der Waals surface area contributed by atoms with Crippen molar-refractivity contribution in [2.24, 2.45) is 7.05 Å². The highest BCUT2D eigenvalue weighted by molar-refractivity contribution is 6.29. The summed E-state index contributed by atoms with van der Waals surface area (Å²) in [5, 5.41) is 13.4. The molecular formula is C27H28ClN7O3. The topological polar surface area (TPSA) is 116 Å². The molecule has 1 aliphatic heterocycles. The summed E-state index contributed by atoms with van der Waals surface area (Å²) in [5.41, 5.74) is 2.31. The Hall–Kier alpha value is -4.18. The zero-order chi connectivity index (χ0) is 27.0. The molecule has 2 N–H and O–H groups in total. The molecule has 196 valence electrons. The van der Waals surface area contributed by atoms with Crippen LogP contribution < -0.4 is 20.7 Å². The summed E-state index contributed by atoms with van der Waals surface area (Å²) < 4.78 is 1.60. The number of aryl methyl sites for hydroxylation is 1. The van der Waals surface area contributed by atoms with Gasteiger partial charge in [-0.15, -0.1) is 0 Å². The Morgan fingerprint density at radius 2 is 1.82 bits per heavy atom. The maximum atomic E-state index is 13.5. The van der Waals surface area contributed by atoms with E-state index in [0.29, 0.717) is 35.6 Å². The van der Waals surface area contributed by atoms with Crippen molar-refractivity contribution >= 4 is 45.9 Å². The van der Waals surface area contributed by atoms with Gasteiger partial charge < -0.3 is 20.2 Å². The first kappa shape index (κ1) is 25.5. The number of fused-ring (bicyclic) bond motifs is 1. The van der Waals surface area contributed by atoms with Gasteiger partial charge in [-0.05, 0) is 49.7 Å². The number of aromatic nitrogens is 4. The van der Waals surface area contributed by atoms with E-state index < -0.39 is 5.97 Å². The Morgan fingerprint density at radius 1 is 1.08 bits per heavy atom. The van der Waals surface area contributed by atoms with Gasteiger partial charge in [0.2, 0.25) is 5.95 Å². The molecular weight excluding hydrogens is 506 g/mol. The van der Waals surface area contributed by atoms with Gasteiger partial charge in [0.1, 0.15) is 11.0 Å². The van der Waals surface area contributed by atoms with E-state index >= 15 is 0 Å². The molecule has 0 aliphatic carbocycles. The molecule has 4 heterocycles. The summed E-state index contributed by atoms with van der Waals surface area (Å²) in [6.07, 6.45) is 1.79. The maximum Gasteiger partial charge on any atom is 0.356 e. The van der Waals surface area contributed by atoms with Crippen molar-refractivity contribution in [3.05, 3.63) is 81.0 Å². The molecule has 1 aromatic carbocycles. The highest BCUT2D eigenvalue weighted by atomic mass is 35.5. The van der Waals surface area contributed by atoms with Crippen molar-refractivity contribution in [3.63, 3.8) is 0 Å². The number of pyridine rings is 2. The van der Waals surface area contributed by atoms with Gasteiger partial charge in [-0.1, -0.05) is 23.7 Å². The van der Waals surface area contributed by atoms with Crippen LogP contribution in [-0.4, -0.2) is 56.8 Å². The number of hydrogen-bond donors (Lipinski definition) is 2. The summed E-state index contributed by atoms with van der Waals surface area (Å²) in [6.45, 7) is 6.72. The molecule has 1 atom stereocenters. The van der Waals surface area contributed by atoms with E-state index in [0.717, 1.165) is 30.0 Å². The van der Waals surface area contributed by atoms with Crippen molar-refractivity contribution in [2.75, 3.05) is 41.3 Å². The summed E-state index contributed by atoms with van der Waals surface area (Å²) >= 11 is 5.92. The maximum absolute atomic E-state index is 13.5. The van der Waals surface area contributed by atoms with Gasteiger partial charge >= 0.3 is 5.97 Å². The molecule has 0 spiro atoms. The number of rotatable bonds is 6. The minimum atomic E-state index is -1.18. The molecule has 1 fully saturated rings. The van der Waals surface area contributed by atoms with Crippen molar-refractivity contribution in [1.29, 1.82) is 0 Å². The van der Waals surface area contributed by atoms with Crippen LogP contribution in [-0.2, 0) is 7.05 Å². The Labute approximate surface area is 224 Å². The van der Waals surface area contributed by atoms with Crippen molar-refractivity contribution in [3.8, 4) is 0 Å². The number of carboxylic acid groups (broad SMARTS) is 1. The highest BCUT2D eigenvalue weighted by Gasteiger charge is 2.24. The van der Waals surface area contributed by atoms with Gasteiger partial charge in [-0.3, -0.25) is 9.36 Å². The van der Waals surface area contributed by atoms with E-state index in [1.54, 1.807) is 23.9 Å². The monoisotopic (exact) mass is 533 g/mol.